The molecule has 0 saturated carbocycles. The number of rotatable bonds is 5. The van der Waals surface area contributed by atoms with Crippen molar-refractivity contribution in [1.82, 2.24) is 0 Å². The van der Waals surface area contributed by atoms with Crippen LogP contribution in [0.4, 0.5) is 11.4 Å². The van der Waals surface area contributed by atoms with Crippen LogP contribution in [-0.4, -0.2) is 12.5 Å². The lowest BCUT2D eigenvalue weighted by Crippen LogP contribution is -2.12. The van der Waals surface area contributed by atoms with E-state index in [-0.39, 0.29) is 5.91 Å². The van der Waals surface area contributed by atoms with Crippen LogP contribution in [0.15, 0.2) is 42.5 Å². The van der Waals surface area contributed by atoms with Crippen LogP contribution in [0.2, 0.25) is 0 Å². The number of carbonyl (C=O) groups excluding carboxylic acids is 1. The zero-order chi connectivity index (χ0) is 15.2. The van der Waals surface area contributed by atoms with Crippen molar-refractivity contribution in [3.63, 3.8) is 0 Å². The summed E-state index contributed by atoms with van der Waals surface area (Å²) in [7, 11) is 0. The standard InChI is InChI=1S/C16H17IN2O2/c1-2-9-21-15-8-3-11(10-14(15)18)16(20)19-13-6-4-12(17)5-7-13/h3-8,10H,2,9,18H2,1H3,(H,19,20). The van der Waals surface area contributed by atoms with Gasteiger partial charge in [-0.25, -0.2) is 0 Å². The maximum absolute atomic E-state index is 12.2. The van der Waals surface area contributed by atoms with Gasteiger partial charge in [-0.15, -0.1) is 0 Å². The average Bonchev–Trinajstić information content (AvgIpc) is 2.48. The van der Waals surface area contributed by atoms with Crippen molar-refractivity contribution in [3.8, 4) is 5.75 Å². The zero-order valence-electron chi connectivity index (χ0n) is 11.7. The molecule has 0 unspecified atom stereocenters. The predicted molar refractivity (Wildman–Crippen MR) is 93.8 cm³/mol. The van der Waals surface area contributed by atoms with Crippen LogP contribution in [0.5, 0.6) is 5.75 Å². The Hall–Kier alpha value is -1.76. The first kappa shape index (κ1) is 15.6. The molecule has 2 aromatic rings. The number of nitrogens with two attached hydrogens (primary N) is 1. The molecule has 1 amide bonds. The minimum atomic E-state index is -0.190. The number of benzene rings is 2. The Morgan fingerprint density at radius 1 is 1.24 bits per heavy atom. The Morgan fingerprint density at radius 2 is 1.95 bits per heavy atom. The Morgan fingerprint density at radius 3 is 2.57 bits per heavy atom. The van der Waals surface area contributed by atoms with E-state index in [1.807, 2.05) is 31.2 Å². The summed E-state index contributed by atoms with van der Waals surface area (Å²) in [5.41, 5.74) is 7.64. The van der Waals surface area contributed by atoms with Crippen LogP contribution < -0.4 is 15.8 Å². The van der Waals surface area contributed by atoms with Gasteiger partial charge in [0.2, 0.25) is 0 Å². The molecular weight excluding hydrogens is 379 g/mol. The van der Waals surface area contributed by atoms with Gasteiger partial charge in [0, 0.05) is 14.8 Å². The number of anilines is 2. The van der Waals surface area contributed by atoms with E-state index in [2.05, 4.69) is 27.9 Å². The van der Waals surface area contributed by atoms with Crippen LogP contribution >= 0.6 is 22.6 Å². The van der Waals surface area contributed by atoms with Crippen LogP contribution in [-0.2, 0) is 0 Å². The maximum atomic E-state index is 12.2. The molecule has 0 aliphatic rings. The van der Waals surface area contributed by atoms with Crippen molar-refractivity contribution < 1.29 is 9.53 Å². The van der Waals surface area contributed by atoms with Crippen molar-refractivity contribution in [1.29, 1.82) is 0 Å². The smallest absolute Gasteiger partial charge is 0.255 e. The maximum Gasteiger partial charge on any atom is 0.255 e. The molecule has 21 heavy (non-hydrogen) atoms. The van der Waals surface area contributed by atoms with Gasteiger partial charge in [-0.2, -0.15) is 0 Å². The molecule has 3 N–H and O–H groups in total. The Bertz CT molecular complexity index is 627. The lowest BCUT2D eigenvalue weighted by molar-refractivity contribution is 0.102. The molecule has 110 valence electrons. The fourth-order valence-electron chi connectivity index (χ4n) is 1.77. The van der Waals surface area contributed by atoms with Gasteiger partial charge in [0.15, 0.2) is 0 Å². The minimum Gasteiger partial charge on any atom is -0.491 e. The number of hydrogen-bond donors (Lipinski definition) is 2. The number of hydrogen-bond acceptors (Lipinski definition) is 3. The van der Waals surface area contributed by atoms with Crippen molar-refractivity contribution >= 4 is 39.9 Å². The highest BCUT2D eigenvalue weighted by Crippen LogP contribution is 2.23. The third-order valence-corrected chi connectivity index (χ3v) is 3.55. The molecule has 0 atom stereocenters. The normalized spacial score (nSPS) is 10.2. The van der Waals surface area contributed by atoms with E-state index in [1.54, 1.807) is 18.2 Å². The van der Waals surface area contributed by atoms with E-state index < -0.39 is 0 Å². The second kappa shape index (κ2) is 7.31. The number of nitrogen functional groups attached to an aromatic ring is 1. The molecule has 0 spiro atoms. The van der Waals surface area contributed by atoms with Crippen LogP contribution in [0, 0.1) is 3.57 Å². The van der Waals surface area contributed by atoms with E-state index in [1.165, 1.54) is 0 Å². The predicted octanol–water partition coefficient (Wildman–Crippen LogP) is 3.91. The minimum absolute atomic E-state index is 0.190. The van der Waals surface area contributed by atoms with E-state index >= 15 is 0 Å². The summed E-state index contributed by atoms with van der Waals surface area (Å²) in [6, 6.07) is 12.7. The highest BCUT2D eigenvalue weighted by atomic mass is 127. The van der Waals surface area contributed by atoms with Crippen molar-refractivity contribution in [2.75, 3.05) is 17.7 Å². The molecular formula is C16H17IN2O2. The molecule has 2 rings (SSSR count). The molecule has 4 nitrogen and oxygen atoms in total. The second-order valence-corrected chi connectivity index (χ2v) is 5.81. The average molecular weight is 396 g/mol. The van der Waals surface area contributed by atoms with Crippen LogP contribution in [0.25, 0.3) is 0 Å². The molecule has 0 fully saturated rings. The monoisotopic (exact) mass is 396 g/mol. The lowest BCUT2D eigenvalue weighted by atomic mass is 10.1. The molecule has 0 heterocycles. The zero-order valence-corrected chi connectivity index (χ0v) is 13.9. The fourth-order valence-corrected chi connectivity index (χ4v) is 2.13. The van der Waals surface area contributed by atoms with Gasteiger partial charge in [0.1, 0.15) is 5.75 Å². The summed E-state index contributed by atoms with van der Waals surface area (Å²) in [5.74, 6) is 0.424. The van der Waals surface area contributed by atoms with Crippen LogP contribution in [0.3, 0.4) is 0 Å². The summed E-state index contributed by atoms with van der Waals surface area (Å²) in [6.45, 7) is 2.64. The molecule has 2 aromatic carbocycles. The van der Waals surface area contributed by atoms with E-state index in [9.17, 15) is 4.79 Å². The third kappa shape index (κ3) is 4.35. The first-order valence-corrected chi connectivity index (χ1v) is 7.77. The number of amides is 1. The summed E-state index contributed by atoms with van der Waals surface area (Å²) in [6.07, 6.45) is 0.911. The summed E-state index contributed by atoms with van der Waals surface area (Å²) in [4.78, 5) is 12.2. The molecule has 5 heteroatoms. The second-order valence-electron chi connectivity index (χ2n) is 4.56. The molecule has 0 aliphatic carbocycles. The SMILES string of the molecule is CCCOc1ccc(C(=O)Nc2ccc(I)cc2)cc1N. The number of carbonyl (C=O) groups is 1. The van der Waals surface area contributed by atoms with E-state index in [0.717, 1.165) is 15.7 Å². The van der Waals surface area contributed by atoms with E-state index in [0.29, 0.717) is 23.6 Å². The van der Waals surface area contributed by atoms with Crippen molar-refractivity contribution in [2.45, 2.75) is 13.3 Å². The van der Waals surface area contributed by atoms with Gasteiger partial charge in [-0.1, -0.05) is 6.92 Å². The number of ether oxygens (including phenoxy) is 1. The number of nitrogens with one attached hydrogen (secondary N) is 1. The van der Waals surface area contributed by atoms with Gasteiger partial charge in [0.05, 0.1) is 12.3 Å². The first-order chi connectivity index (χ1) is 10.1. The van der Waals surface area contributed by atoms with Gasteiger partial charge in [-0.05, 0) is 71.5 Å². The molecule has 0 aromatic heterocycles. The van der Waals surface area contributed by atoms with Gasteiger partial charge in [-0.3, -0.25) is 4.79 Å². The Kier molecular flexibility index (Phi) is 5.44. The van der Waals surface area contributed by atoms with E-state index in [4.69, 9.17) is 10.5 Å². The van der Waals surface area contributed by atoms with Crippen LogP contribution in [0.1, 0.15) is 23.7 Å². The summed E-state index contributed by atoms with van der Waals surface area (Å²) in [5, 5.41) is 2.84. The topological polar surface area (TPSA) is 64.3 Å². The Labute approximate surface area is 137 Å². The molecule has 0 saturated heterocycles. The first-order valence-electron chi connectivity index (χ1n) is 6.69. The fraction of sp³-hybridized carbons (Fsp3) is 0.188. The van der Waals surface area contributed by atoms with Gasteiger partial charge >= 0.3 is 0 Å². The Balaban J connectivity index is 2.08. The molecule has 0 radical (unpaired) electrons. The molecule has 0 bridgehead atoms. The molecule has 0 aliphatic heterocycles. The summed E-state index contributed by atoms with van der Waals surface area (Å²) < 4.78 is 6.61. The van der Waals surface area contributed by atoms with Crippen molar-refractivity contribution in [2.24, 2.45) is 0 Å². The quantitative estimate of drug-likeness (QED) is 0.595. The van der Waals surface area contributed by atoms with Gasteiger partial charge in [0.25, 0.3) is 5.91 Å². The number of halogens is 1. The highest BCUT2D eigenvalue weighted by molar-refractivity contribution is 14.1. The third-order valence-electron chi connectivity index (χ3n) is 2.84. The van der Waals surface area contributed by atoms with Crippen molar-refractivity contribution in [3.05, 3.63) is 51.6 Å². The van der Waals surface area contributed by atoms with Gasteiger partial charge < -0.3 is 15.8 Å². The largest absolute Gasteiger partial charge is 0.491 e. The lowest BCUT2D eigenvalue weighted by Gasteiger charge is -2.10. The summed E-state index contributed by atoms with van der Waals surface area (Å²) >= 11 is 2.22. The highest BCUT2D eigenvalue weighted by Gasteiger charge is 2.09.